The molecule has 0 radical (unpaired) electrons. The topological polar surface area (TPSA) is 38.5 Å². The summed E-state index contributed by atoms with van der Waals surface area (Å²) in [6.45, 7) is 13.2. The first-order chi connectivity index (χ1) is 8.93. The Morgan fingerprint density at radius 2 is 1.95 bits per heavy atom. The molecule has 0 aromatic carbocycles. The normalized spacial score (nSPS) is 28.9. The second-order valence-electron chi connectivity index (χ2n) is 7.06. The molecule has 0 aliphatic heterocycles. The van der Waals surface area contributed by atoms with Crippen LogP contribution < -0.4 is 5.73 Å². The Hall–Kier alpha value is -0.120. The van der Waals surface area contributed by atoms with Gasteiger partial charge in [-0.25, -0.2) is 0 Å². The summed E-state index contributed by atoms with van der Waals surface area (Å²) >= 11 is 0. The van der Waals surface area contributed by atoms with Crippen LogP contribution in [0, 0.1) is 17.3 Å². The molecule has 0 amide bonds. The molecule has 1 rings (SSSR count). The molecule has 3 atom stereocenters. The van der Waals surface area contributed by atoms with Crippen LogP contribution in [0.25, 0.3) is 0 Å². The zero-order valence-corrected chi connectivity index (χ0v) is 13.6. The van der Waals surface area contributed by atoms with Crippen molar-refractivity contribution in [1.82, 2.24) is 4.90 Å². The van der Waals surface area contributed by atoms with Gasteiger partial charge in [-0.05, 0) is 49.6 Å². The van der Waals surface area contributed by atoms with Gasteiger partial charge in [-0.2, -0.15) is 0 Å². The lowest BCUT2D eigenvalue weighted by Gasteiger charge is -2.46. The van der Waals surface area contributed by atoms with Gasteiger partial charge < -0.3 is 10.5 Å². The van der Waals surface area contributed by atoms with Crippen molar-refractivity contribution in [2.45, 2.75) is 53.0 Å². The number of hydrogen-bond donors (Lipinski definition) is 1. The van der Waals surface area contributed by atoms with Gasteiger partial charge in [0.1, 0.15) is 0 Å². The van der Waals surface area contributed by atoms with Crippen molar-refractivity contribution >= 4 is 0 Å². The van der Waals surface area contributed by atoms with Crippen molar-refractivity contribution < 1.29 is 4.74 Å². The van der Waals surface area contributed by atoms with E-state index in [0.717, 1.165) is 32.2 Å². The number of likely N-dealkylation sites (N-methyl/N-ethyl adjacent to an activating group) is 1. The van der Waals surface area contributed by atoms with Crippen molar-refractivity contribution in [1.29, 1.82) is 0 Å². The number of ether oxygens (including phenoxy) is 1. The maximum absolute atomic E-state index is 6.01. The summed E-state index contributed by atoms with van der Waals surface area (Å²) in [6.07, 6.45) is 3.92. The molecule has 1 aliphatic rings. The molecule has 0 aromatic heterocycles. The number of nitrogens with zero attached hydrogens (tertiary/aromatic N) is 1. The van der Waals surface area contributed by atoms with Crippen LogP contribution in [0.5, 0.6) is 0 Å². The third-order valence-electron chi connectivity index (χ3n) is 4.94. The van der Waals surface area contributed by atoms with Crippen molar-refractivity contribution in [2.24, 2.45) is 23.0 Å². The van der Waals surface area contributed by atoms with E-state index in [1.807, 2.05) is 0 Å². The minimum Gasteiger partial charge on any atom is -0.383 e. The highest BCUT2D eigenvalue weighted by atomic mass is 16.5. The van der Waals surface area contributed by atoms with Crippen molar-refractivity contribution in [3.8, 4) is 0 Å². The third-order valence-corrected chi connectivity index (χ3v) is 4.94. The largest absolute Gasteiger partial charge is 0.383 e. The Morgan fingerprint density at radius 3 is 2.42 bits per heavy atom. The lowest BCUT2D eigenvalue weighted by atomic mass is 9.67. The van der Waals surface area contributed by atoms with E-state index in [9.17, 15) is 0 Å². The summed E-state index contributed by atoms with van der Waals surface area (Å²) in [7, 11) is 1.78. The zero-order chi connectivity index (χ0) is 14.5. The molecule has 114 valence electrons. The first-order valence-corrected chi connectivity index (χ1v) is 7.87. The third kappa shape index (κ3) is 4.73. The Kier molecular flexibility index (Phi) is 6.78. The van der Waals surface area contributed by atoms with Crippen LogP contribution in [0.4, 0.5) is 0 Å². The van der Waals surface area contributed by atoms with Crippen LogP contribution in [0.2, 0.25) is 0 Å². The molecule has 1 aliphatic carbocycles. The maximum atomic E-state index is 6.01. The Balaban J connectivity index is 2.72. The van der Waals surface area contributed by atoms with E-state index in [1.165, 1.54) is 19.3 Å². The van der Waals surface area contributed by atoms with Gasteiger partial charge in [0.15, 0.2) is 0 Å². The highest BCUT2D eigenvalue weighted by Gasteiger charge is 2.37. The first kappa shape index (κ1) is 16.9. The predicted octanol–water partition coefficient (Wildman–Crippen LogP) is 2.74. The number of nitrogens with two attached hydrogens (primary N) is 1. The Morgan fingerprint density at radius 1 is 1.26 bits per heavy atom. The molecule has 1 saturated carbocycles. The molecular weight excluding hydrogens is 236 g/mol. The molecule has 0 saturated heterocycles. The summed E-state index contributed by atoms with van der Waals surface area (Å²) in [4.78, 5) is 2.58. The van der Waals surface area contributed by atoms with E-state index in [1.54, 1.807) is 7.11 Å². The van der Waals surface area contributed by atoms with Crippen LogP contribution in [-0.2, 0) is 4.74 Å². The van der Waals surface area contributed by atoms with Crippen LogP contribution in [0.3, 0.4) is 0 Å². The number of hydrogen-bond acceptors (Lipinski definition) is 3. The highest BCUT2D eigenvalue weighted by Crippen LogP contribution is 2.41. The fraction of sp³-hybridized carbons (Fsp3) is 1.00. The summed E-state index contributed by atoms with van der Waals surface area (Å²) in [5.74, 6) is 1.48. The van der Waals surface area contributed by atoms with E-state index in [4.69, 9.17) is 10.5 Å². The highest BCUT2D eigenvalue weighted by molar-refractivity contribution is 4.90. The molecule has 0 spiro atoms. The fourth-order valence-corrected chi connectivity index (χ4v) is 3.49. The monoisotopic (exact) mass is 270 g/mol. The minimum atomic E-state index is 0.415. The van der Waals surface area contributed by atoms with Gasteiger partial charge in [0.05, 0.1) is 6.61 Å². The van der Waals surface area contributed by atoms with Gasteiger partial charge in [0, 0.05) is 19.7 Å². The molecule has 19 heavy (non-hydrogen) atoms. The summed E-state index contributed by atoms with van der Waals surface area (Å²) < 4.78 is 5.26. The Bertz CT molecular complexity index is 250. The fourth-order valence-electron chi connectivity index (χ4n) is 3.49. The van der Waals surface area contributed by atoms with Gasteiger partial charge in [0.2, 0.25) is 0 Å². The van der Waals surface area contributed by atoms with Crippen LogP contribution >= 0.6 is 0 Å². The average molecular weight is 270 g/mol. The van der Waals surface area contributed by atoms with E-state index >= 15 is 0 Å². The van der Waals surface area contributed by atoms with E-state index in [0.29, 0.717) is 17.4 Å². The summed E-state index contributed by atoms with van der Waals surface area (Å²) in [6, 6.07) is 0.642. The standard InChI is InChI=1S/C16H34N2O/c1-6-18(9-10-19-5)15-11-14(16(2,3)4)8-7-13(15)12-17/h13-15H,6-12,17H2,1-5H3. The smallest absolute Gasteiger partial charge is 0.0589 e. The van der Waals surface area contributed by atoms with Crippen LogP contribution in [-0.4, -0.2) is 44.3 Å². The second-order valence-corrected chi connectivity index (χ2v) is 7.06. The van der Waals surface area contributed by atoms with Crippen molar-refractivity contribution in [3.05, 3.63) is 0 Å². The van der Waals surface area contributed by atoms with E-state index in [2.05, 4.69) is 32.6 Å². The van der Waals surface area contributed by atoms with Crippen molar-refractivity contribution in [2.75, 3.05) is 33.4 Å². The minimum absolute atomic E-state index is 0.415. The number of methoxy groups -OCH3 is 1. The van der Waals surface area contributed by atoms with E-state index in [-0.39, 0.29) is 0 Å². The predicted molar refractivity (Wildman–Crippen MR) is 82.3 cm³/mol. The van der Waals surface area contributed by atoms with Gasteiger partial charge in [-0.1, -0.05) is 27.7 Å². The SMILES string of the molecule is CCN(CCOC)C1CC(C(C)(C)C)CCC1CN. The zero-order valence-electron chi connectivity index (χ0n) is 13.6. The lowest BCUT2D eigenvalue weighted by molar-refractivity contribution is 0.0336. The molecule has 2 N–H and O–H groups in total. The molecular formula is C16H34N2O. The quantitative estimate of drug-likeness (QED) is 0.806. The molecule has 0 aromatic rings. The van der Waals surface area contributed by atoms with Gasteiger partial charge in [0.25, 0.3) is 0 Å². The molecule has 3 unspecified atom stereocenters. The van der Waals surface area contributed by atoms with Crippen LogP contribution in [0.15, 0.2) is 0 Å². The van der Waals surface area contributed by atoms with E-state index < -0.39 is 0 Å². The molecule has 0 heterocycles. The molecule has 1 fully saturated rings. The number of rotatable bonds is 6. The van der Waals surface area contributed by atoms with Gasteiger partial charge in [-0.3, -0.25) is 4.90 Å². The second kappa shape index (κ2) is 7.61. The van der Waals surface area contributed by atoms with Crippen LogP contribution in [0.1, 0.15) is 47.0 Å². The maximum Gasteiger partial charge on any atom is 0.0589 e. The summed E-state index contributed by atoms with van der Waals surface area (Å²) in [5, 5.41) is 0. The lowest BCUT2D eigenvalue weighted by Crippen LogP contribution is -2.49. The van der Waals surface area contributed by atoms with Gasteiger partial charge >= 0.3 is 0 Å². The first-order valence-electron chi connectivity index (χ1n) is 7.87. The molecule has 3 nitrogen and oxygen atoms in total. The van der Waals surface area contributed by atoms with Gasteiger partial charge in [-0.15, -0.1) is 0 Å². The molecule has 0 bridgehead atoms. The molecule has 3 heteroatoms. The Labute approximate surface area is 119 Å². The average Bonchev–Trinajstić information content (AvgIpc) is 2.38. The van der Waals surface area contributed by atoms with Crippen molar-refractivity contribution in [3.63, 3.8) is 0 Å². The summed E-state index contributed by atoms with van der Waals surface area (Å²) in [5.41, 5.74) is 6.43.